The maximum atomic E-state index is 13.2. The Labute approximate surface area is 193 Å². The van der Waals surface area contributed by atoms with Crippen molar-refractivity contribution in [1.82, 2.24) is 0 Å². The predicted octanol–water partition coefficient (Wildman–Crippen LogP) is 6.15. The van der Waals surface area contributed by atoms with Crippen molar-refractivity contribution in [2.24, 2.45) is 5.73 Å². The third-order valence-corrected chi connectivity index (χ3v) is 5.87. The average molecular weight is 441 g/mol. The monoisotopic (exact) mass is 440 g/mol. The zero-order valence-corrected chi connectivity index (χ0v) is 20.6. The van der Waals surface area contributed by atoms with Gasteiger partial charge in [0.1, 0.15) is 11.5 Å². The van der Waals surface area contributed by atoms with Gasteiger partial charge in [-0.15, -0.1) is 0 Å². The number of ether oxygens (including phenoxy) is 2. The van der Waals surface area contributed by atoms with E-state index in [1.165, 1.54) is 0 Å². The highest BCUT2D eigenvalue weighted by molar-refractivity contribution is 5.92. The summed E-state index contributed by atoms with van der Waals surface area (Å²) in [4.78, 5) is 13.2. The van der Waals surface area contributed by atoms with Crippen LogP contribution in [0.15, 0.2) is 36.4 Å². The van der Waals surface area contributed by atoms with E-state index in [1.807, 2.05) is 30.3 Å². The highest BCUT2D eigenvalue weighted by Gasteiger charge is 2.23. The van der Waals surface area contributed by atoms with Gasteiger partial charge < -0.3 is 20.5 Å². The molecule has 5 nitrogen and oxygen atoms in total. The minimum Gasteiger partial charge on any atom is -0.497 e. The van der Waals surface area contributed by atoms with Crippen molar-refractivity contribution < 1.29 is 14.3 Å². The molecule has 0 fully saturated rings. The van der Waals surface area contributed by atoms with Gasteiger partial charge in [-0.2, -0.15) is 0 Å². The fourth-order valence-corrected chi connectivity index (χ4v) is 4.06. The van der Waals surface area contributed by atoms with Crippen molar-refractivity contribution in [3.8, 4) is 11.5 Å². The van der Waals surface area contributed by atoms with Crippen molar-refractivity contribution in [2.45, 2.75) is 77.7 Å². The predicted molar refractivity (Wildman–Crippen MR) is 133 cm³/mol. The van der Waals surface area contributed by atoms with Crippen LogP contribution in [-0.2, 0) is 16.8 Å². The molecular formula is C27H40N2O3. The fourth-order valence-electron chi connectivity index (χ4n) is 4.06. The number of rotatable bonds is 11. The Morgan fingerprint density at radius 2 is 1.81 bits per heavy atom. The molecule has 5 heteroatoms. The molecule has 0 heterocycles. The van der Waals surface area contributed by atoms with Crippen LogP contribution in [0.1, 0.15) is 82.4 Å². The molecule has 0 aliphatic rings. The van der Waals surface area contributed by atoms with E-state index in [4.69, 9.17) is 15.2 Å². The van der Waals surface area contributed by atoms with E-state index in [2.05, 4.69) is 39.1 Å². The van der Waals surface area contributed by atoms with Gasteiger partial charge in [0, 0.05) is 24.7 Å². The Morgan fingerprint density at radius 1 is 1.06 bits per heavy atom. The first-order valence-corrected chi connectivity index (χ1v) is 11.6. The second-order valence-corrected chi connectivity index (χ2v) is 9.39. The summed E-state index contributed by atoms with van der Waals surface area (Å²) in [6.07, 6.45) is 4.67. The molecular weight excluding hydrogens is 400 g/mol. The van der Waals surface area contributed by atoms with Gasteiger partial charge in [-0.05, 0) is 46.6 Å². The summed E-state index contributed by atoms with van der Waals surface area (Å²) in [6.45, 7) is 9.08. The lowest BCUT2D eigenvalue weighted by molar-refractivity contribution is -0.116. The molecule has 0 spiro atoms. The maximum Gasteiger partial charge on any atom is 0.224 e. The number of nitrogens with one attached hydrogen (secondary N) is 1. The quantitative estimate of drug-likeness (QED) is 0.411. The molecule has 0 radical (unpaired) electrons. The Morgan fingerprint density at radius 3 is 2.41 bits per heavy atom. The van der Waals surface area contributed by atoms with E-state index in [0.717, 1.165) is 59.6 Å². The first-order valence-electron chi connectivity index (χ1n) is 11.6. The molecule has 2 rings (SSSR count). The number of carbonyl (C=O) groups excluding carboxylic acids is 1. The van der Waals surface area contributed by atoms with Crippen molar-refractivity contribution in [2.75, 3.05) is 19.5 Å². The van der Waals surface area contributed by atoms with Crippen molar-refractivity contribution in [1.29, 1.82) is 0 Å². The minimum atomic E-state index is -0.0878. The van der Waals surface area contributed by atoms with Gasteiger partial charge in [0.05, 0.1) is 14.2 Å². The molecule has 0 aliphatic heterocycles. The van der Waals surface area contributed by atoms with E-state index in [9.17, 15) is 4.79 Å². The Hall–Kier alpha value is -2.53. The fraction of sp³-hybridized carbons (Fsp3) is 0.519. The Balaban J connectivity index is 2.30. The van der Waals surface area contributed by atoms with Gasteiger partial charge >= 0.3 is 0 Å². The number of amides is 1. The second-order valence-electron chi connectivity index (χ2n) is 9.39. The first-order chi connectivity index (χ1) is 15.2. The number of anilines is 1. The van der Waals surface area contributed by atoms with Crippen LogP contribution < -0.4 is 20.5 Å². The Kier molecular flexibility index (Phi) is 9.58. The molecule has 0 bridgehead atoms. The molecule has 2 aromatic rings. The third kappa shape index (κ3) is 6.99. The molecule has 0 saturated carbocycles. The minimum absolute atomic E-state index is 0.00374. The van der Waals surface area contributed by atoms with Crippen molar-refractivity contribution in [3.63, 3.8) is 0 Å². The van der Waals surface area contributed by atoms with Gasteiger partial charge in [0.15, 0.2) is 0 Å². The van der Waals surface area contributed by atoms with E-state index >= 15 is 0 Å². The number of hydrogen-bond acceptors (Lipinski definition) is 4. The summed E-state index contributed by atoms with van der Waals surface area (Å²) in [5, 5.41) is 3.18. The van der Waals surface area contributed by atoms with Crippen molar-refractivity contribution in [3.05, 3.63) is 53.1 Å². The van der Waals surface area contributed by atoms with Crippen LogP contribution in [0.25, 0.3) is 0 Å². The normalized spacial score (nSPS) is 12.3. The van der Waals surface area contributed by atoms with Gasteiger partial charge in [-0.3, -0.25) is 4.79 Å². The highest BCUT2D eigenvalue weighted by atomic mass is 16.5. The lowest BCUT2D eigenvalue weighted by Crippen LogP contribution is -2.21. The van der Waals surface area contributed by atoms with Gasteiger partial charge in [-0.25, -0.2) is 0 Å². The molecule has 0 aromatic heterocycles. The number of nitrogens with two attached hydrogens (primary N) is 1. The molecule has 1 atom stereocenters. The van der Waals surface area contributed by atoms with Gasteiger partial charge in [-0.1, -0.05) is 65.2 Å². The Bertz CT molecular complexity index is 887. The molecule has 1 amide bonds. The summed E-state index contributed by atoms with van der Waals surface area (Å²) < 4.78 is 11.0. The number of carbonyl (C=O) groups is 1. The SMILES string of the molecule is CCCCCC(CC(=O)Nc1cc(CN)ccc1C(C)(C)C)c1ccc(OC)cc1OC. The molecule has 3 N–H and O–H groups in total. The van der Waals surface area contributed by atoms with Crippen molar-refractivity contribution >= 4 is 11.6 Å². The van der Waals surface area contributed by atoms with Crippen LogP contribution >= 0.6 is 0 Å². The highest BCUT2D eigenvalue weighted by Crippen LogP contribution is 2.36. The summed E-state index contributed by atoms with van der Waals surface area (Å²) in [7, 11) is 3.30. The van der Waals surface area contributed by atoms with E-state index in [1.54, 1.807) is 14.2 Å². The summed E-state index contributed by atoms with van der Waals surface area (Å²) in [5.74, 6) is 1.58. The molecule has 1 unspecified atom stereocenters. The number of benzene rings is 2. The van der Waals surface area contributed by atoms with Crippen LogP contribution in [0.2, 0.25) is 0 Å². The van der Waals surface area contributed by atoms with Gasteiger partial charge in [0.25, 0.3) is 0 Å². The van der Waals surface area contributed by atoms with E-state index in [-0.39, 0.29) is 17.2 Å². The van der Waals surface area contributed by atoms with Crippen LogP contribution in [0, 0.1) is 0 Å². The molecule has 176 valence electrons. The summed E-state index contributed by atoms with van der Waals surface area (Å²) in [5.41, 5.74) is 9.77. The largest absolute Gasteiger partial charge is 0.497 e. The summed E-state index contributed by atoms with van der Waals surface area (Å²) in [6, 6.07) is 12.0. The van der Waals surface area contributed by atoms with E-state index < -0.39 is 0 Å². The maximum absolute atomic E-state index is 13.2. The molecule has 0 aliphatic carbocycles. The number of methoxy groups -OCH3 is 2. The van der Waals surface area contributed by atoms with Gasteiger partial charge in [0.2, 0.25) is 5.91 Å². The smallest absolute Gasteiger partial charge is 0.224 e. The van der Waals surface area contributed by atoms with Crippen LogP contribution in [0.4, 0.5) is 5.69 Å². The zero-order valence-electron chi connectivity index (χ0n) is 20.6. The van der Waals surface area contributed by atoms with Crippen LogP contribution in [-0.4, -0.2) is 20.1 Å². The third-order valence-electron chi connectivity index (χ3n) is 5.87. The van der Waals surface area contributed by atoms with Crippen LogP contribution in [0.3, 0.4) is 0 Å². The lowest BCUT2D eigenvalue weighted by Gasteiger charge is -2.25. The summed E-state index contributed by atoms with van der Waals surface area (Å²) >= 11 is 0. The topological polar surface area (TPSA) is 73.6 Å². The molecule has 32 heavy (non-hydrogen) atoms. The molecule has 2 aromatic carbocycles. The zero-order chi connectivity index (χ0) is 23.7. The first kappa shape index (κ1) is 25.7. The second kappa shape index (κ2) is 11.9. The van der Waals surface area contributed by atoms with E-state index in [0.29, 0.717) is 13.0 Å². The number of hydrogen-bond donors (Lipinski definition) is 2. The number of unbranched alkanes of at least 4 members (excludes halogenated alkanes) is 2. The standard InChI is InChI=1S/C27H40N2O3/c1-7-8-9-10-20(22-13-12-21(31-5)17-25(22)32-6)16-26(30)29-24-15-19(18-28)11-14-23(24)27(2,3)4/h11-15,17,20H,7-10,16,18,28H2,1-6H3,(H,29,30). The van der Waals surface area contributed by atoms with Crippen LogP contribution in [0.5, 0.6) is 11.5 Å². The average Bonchev–Trinajstić information content (AvgIpc) is 2.77. The lowest BCUT2D eigenvalue weighted by atomic mass is 9.85. The molecule has 0 saturated heterocycles.